The van der Waals surface area contributed by atoms with Gasteiger partial charge in [-0.25, -0.2) is 0 Å². The van der Waals surface area contributed by atoms with Crippen molar-refractivity contribution >= 4 is 11.4 Å². The average molecular weight is 266 g/mol. The van der Waals surface area contributed by atoms with E-state index in [1.807, 2.05) is 6.92 Å². The molecule has 0 saturated carbocycles. The molecule has 0 radical (unpaired) electrons. The van der Waals surface area contributed by atoms with E-state index >= 15 is 0 Å². The first kappa shape index (κ1) is 13.6. The van der Waals surface area contributed by atoms with Crippen LogP contribution in [0.15, 0.2) is 18.2 Å². The summed E-state index contributed by atoms with van der Waals surface area (Å²) < 4.78 is 10.8. The lowest BCUT2D eigenvalue weighted by atomic mass is 10.2. The number of anilines is 1. The van der Waals surface area contributed by atoms with Gasteiger partial charge in [0.2, 0.25) is 0 Å². The first-order valence-electron chi connectivity index (χ1n) is 6.47. The molecule has 1 aromatic rings. The molecule has 0 spiro atoms. The van der Waals surface area contributed by atoms with Crippen LogP contribution < -0.4 is 10.1 Å². The lowest BCUT2D eigenvalue weighted by molar-refractivity contribution is -0.384. The highest BCUT2D eigenvalue weighted by Crippen LogP contribution is 2.29. The van der Waals surface area contributed by atoms with Gasteiger partial charge < -0.3 is 14.8 Å². The van der Waals surface area contributed by atoms with Gasteiger partial charge in [-0.15, -0.1) is 0 Å². The smallest absolute Gasteiger partial charge is 0.296 e. The number of hydrogen-bond donors (Lipinski definition) is 1. The Labute approximate surface area is 111 Å². The molecule has 1 unspecified atom stereocenters. The van der Waals surface area contributed by atoms with Crippen LogP contribution in [0.5, 0.6) is 5.75 Å². The molecule has 2 rings (SSSR count). The third kappa shape index (κ3) is 3.57. The Kier molecular flexibility index (Phi) is 4.57. The van der Waals surface area contributed by atoms with Gasteiger partial charge in [-0.2, -0.15) is 0 Å². The predicted octanol–water partition coefficient (Wildman–Crippen LogP) is 2.58. The minimum absolute atomic E-state index is 0.0314. The molecule has 19 heavy (non-hydrogen) atoms. The zero-order chi connectivity index (χ0) is 13.7. The molecule has 0 bridgehead atoms. The van der Waals surface area contributed by atoms with E-state index < -0.39 is 4.92 Å². The number of rotatable bonds is 6. The summed E-state index contributed by atoms with van der Waals surface area (Å²) in [6, 6.07) is 4.85. The number of ether oxygens (including phenoxy) is 2. The Morgan fingerprint density at radius 3 is 3.05 bits per heavy atom. The zero-order valence-electron chi connectivity index (χ0n) is 10.9. The highest BCUT2D eigenvalue weighted by Gasteiger charge is 2.19. The molecule has 1 saturated heterocycles. The van der Waals surface area contributed by atoms with E-state index in [9.17, 15) is 10.1 Å². The van der Waals surface area contributed by atoms with Crippen molar-refractivity contribution in [3.05, 3.63) is 28.3 Å². The highest BCUT2D eigenvalue weighted by molar-refractivity contribution is 5.63. The molecule has 1 aliphatic rings. The Morgan fingerprint density at radius 2 is 2.42 bits per heavy atom. The number of nitro groups is 1. The lowest BCUT2D eigenvalue weighted by Crippen LogP contribution is -2.18. The van der Waals surface area contributed by atoms with Crippen LogP contribution in [0.2, 0.25) is 0 Å². The van der Waals surface area contributed by atoms with Crippen molar-refractivity contribution in [2.45, 2.75) is 25.9 Å². The van der Waals surface area contributed by atoms with Gasteiger partial charge in [0, 0.05) is 13.2 Å². The van der Waals surface area contributed by atoms with E-state index in [-0.39, 0.29) is 11.8 Å². The monoisotopic (exact) mass is 266 g/mol. The maximum atomic E-state index is 11.1. The summed E-state index contributed by atoms with van der Waals surface area (Å²) in [6.45, 7) is 3.70. The van der Waals surface area contributed by atoms with E-state index in [0.717, 1.165) is 19.4 Å². The minimum Gasteiger partial charge on any atom is -0.494 e. The largest absolute Gasteiger partial charge is 0.494 e. The van der Waals surface area contributed by atoms with Gasteiger partial charge in [0.1, 0.15) is 11.4 Å². The van der Waals surface area contributed by atoms with Crippen LogP contribution in [-0.2, 0) is 4.74 Å². The van der Waals surface area contributed by atoms with Crippen molar-refractivity contribution < 1.29 is 14.4 Å². The van der Waals surface area contributed by atoms with Gasteiger partial charge in [-0.3, -0.25) is 10.1 Å². The fraction of sp³-hybridized carbons (Fsp3) is 0.538. The molecule has 0 aromatic heterocycles. The summed E-state index contributed by atoms with van der Waals surface area (Å²) in [7, 11) is 0. The predicted molar refractivity (Wildman–Crippen MR) is 71.7 cm³/mol. The Morgan fingerprint density at radius 1 is 1.58 bits per heavy atom. The molecule has 1 fully saturated rings. The number of benzene rings is 1. The van der Waals surface area contributed by atoms with Crippen LogP contribution in [0, 0.1) is 10.1 Å². The quantitative estimate of drug-likeness (QED) is 0.632. The normalized spacial score (nSPS) is 18.3. The molecular formula is C13H18N2O4. The first-order valence-corrected chi connectivity index (χ1v) is 6.47. The Hall–Kier alpha value is -1.82. The standard InChI is InChI=1S/C13H18N2O4/c1-2-18-10-5-6-12(13(8-10)15(16)17)14-9-11-4-3-7-19-11/h5-6,8,11,14H,2-4,7,9H2,1H3. The summed E-state index contributed by atoms with van der Waals surface area (Å²) >= 11 is 0. The van der Waals surface area contributed by atoms with E-state index in [1.165, 1.54) is 6.07 Å². The van der Waals surface area contributed by atoms with Gasteiger partial charge in [0.05, 0.1) is 23.7 Å². The van der Waals surface area contributed by atoms with E-state index in [0.29, 0.717) is 24.6 Å². The number of nitrogens with one attached hydrogen (secondary N) is 1. The van der Waals surface area contributed by atoms with Crippen LogP contribution in [0.4, 0.5) is 11.4 Å². The molecule has 6 nitrogen and oxygen atoms in total. The lowest BCUT2D eigenvalue weighted by Gasteiger charge is -2.12. The highest BCUT2D eigenvalue weighted by atomic mass is 16.6. The molecule has 0 aliphatic carbocycles. The third-order valence-electron chi connectivity index (χ3n) is 3.02. The Bertz CT molecular complexity index is 444. The molecule has 104 valence electrons. The second-order valence-corrected chi connectivity index (χ2v) is 4.39. The third-order valence-corrected chi connectivity index (χ3v) is 3.02. The van der Waals surface area contributed by atoms with Crippen molar-refractivity contribution in [3.8, 4) is 5.75 Å². The summed E-state index contributed by atoms with van der Waals surface area (Å²) in [5.74, 6) is 0.511. The van der Waals surface area contributed by atoms with Crippen LogP contribution in [0.3, 0.4) is 0 Å². The number of nitrogens with zero attached hydrogens (tertiary/aromatic N) is 1. The van der Waals surface area contributed by atoms with Gasteiger partial charge in [0.15, 0.2) is 0 Å². The van der Waals surface area contributed by atoms with Crippen molar-refractivity contribution in [2.24, 2.45) is 0 Å². The van der Waals surface area contributed by atoms with Gasteiger partial charge in [-0.1, -0.05) is 0 Å². The first-order chi connectivity index (χ1) is 9.20. The van der Waals surface area contributed by atoms with Gasteiger partial charge in [-0.05, 0) is 31.9 Å². The number of nitro benzene ring substituents is 1. The van der Waals surface area contributed by atoms with Crippen molar-refractivity contribution in [3.63, 3.8) is 0 Å². The van der Waals surface area contributed by atoms with Crippen LogP contribution in [0.25, 0.3) is 0 Å². The average Bonchev–Trinajstić information content (AvgIpc) is 2.90. The summed E-state index contributed by atoms with van der Waals surface area (Å²) in [5.41, 5.74) is 0.535. The fourth-order valence-electron chi connectivity index (χ4n) is 2.10. The minimum atomic E-state index is -0.402. The van der Waals surface area contributed by atoms with E-state index in [2.05, 4.69) is 5.32 Å². The molecular weight excluding hydrogens is 248 g/mol. The summed E-state index contributed by atoms with van der Waals surface area (Å²) in [6.07, 6.45) is 2.20. The maximum absolute atomic E-state index is 11.1. The van der Waals surface area contributed by atoms with Crippen molar-refractivity contribution in [1.29, 1.82) is 0 Å². The maximum Gasteiger partial charge on any atom is 0.296 e. The molecule has 1 aliphatic heterocycles. The fourth-order valence-corrected chi connectivity index (χ4v) is 2.10. The summed E-state index contributed by atoms with van der Waals surface area (Å²) in [4.78, 5) is 10.7. The van der Waals surface area contributed by atoms with E-state index in [4.69, 9.17) is 9.47 Å². The molecule has 1 heterocycles. The van der Waals surface area contributed by atoms with Gasteiger partial charge in [0.25, 0.3) is 5.69 Å². The van der Waals surface area contributed by atoms with Crippen LogP contribution >= 0.6 is 0 Å². The topological polar surface area (TPSA) is 73.6 Å². The second-order valence-electron chi connectivity index (χ2n) is 4.39. The molecule has 6 heteroatoms. The SMILES string of the molecule is CCOc1ccc(NCC2CCCO2)c([N+](=O)[O-])c1. The second kappa shape index (κ2) is 6.38. The van der Waals surface area contributed by atoms with Crippen LogP contribution in [0.1, 0.15) is 19.8 Å². The zero-order valence-corrected chi connectivity index (χ0v) is 10.9. The molecule has 1 atom stereocenters. The van der Waals surface area contributed by atoms with Crippen LogP contribution in [-0.4, -0.2) is 30.8 Å². The molecule has 1 N–H and O–H groups in total. The van der Waals surface area contributed by atoms with Crippen molar-refractivity contribution in [1.82, 2.24) is 0 Å². The number of hydrogen-bond acceptors (Lipinski definition) is 5. The molecule has 0 amide bonds. The van der Waals surface area contributed by atoms with E-state index in [1.54, 1.807) is 12.1 Å². The van der Waals surface area contributed by atoms with Crippen molar-refractivity contribution in [2.75, 3.05) is 25.1 Å². The van der Waals surface area contributed by atoms with Gasteiger partial charge >= 0.3 is 0 Å². The molecule has 1 aromatic carbocycles. The summed E-state index contributed by atoms with van der Waals surface area (Å²) in [5, 5.41) is 14.1. The Balaban J connectivity index is 2.07.